The minimum absolute atomic E-state index is 0.00726. The molecule has 0 aliphatic heterocycles. The second-order valence-corrected chi connectivity index (χ2v) is 7.27. The molecule has 1 amide bonds. The first-order chi connectivity index (χ1) is 12.0. The number of hydrogen-bond donors (Lipinski definition) is 0. The van der Waals surface area contributed by atoms with Crippen LogP contribution in [0.4, 0.5) is 0 Å². The molecule has 0 bridgehead atoms. The van der Waals surface area contributed by atoms with E-state index in [2.05, 4.69) is 26.1 Å². The van der Waals surface area contributed by atoms with Crippen LogP contribution in [-0.4, -0.2) is 33.8 Å². The van der Waals surface area contributed by atoms with Crippen molar-refractivity contribution in [2.45, 2.75) is 18.7 Å². The first-order valence-corrected chi connectivity index (χ1v) is 9.30. The Morgan fingerprint density at radius 2 is 2.00 bits per heavy atom. The second kappa shape index (κ2) is 7.88. The van der Waals surface area contributed by atoms with Crippen LogP contribution in [0, 0.1) is 6.92 Å². The fraction of sp³-hybridized carbons (Fsp3) is 0.235. The Balaban J connectivity index is 1.54. The number of carbonyl (C=O) groups is 1. The Kier molecular flexibility index (Phi) is 5.60. The van der Waals surface area contributed by atoms with E-state index in [0.29, 0.717) is 23.4 Å². The van der Waals surface area contributed by atoms with Crippen LogP contribution in [0.25, 0.3) is 11.5 Å². The van der Waals surface area contributed by atoms with Crippen LogP contribution in [0.15, 0.2) is 55.1 Å². The standard InChI is InChI=1S/C17H16BrN3O3S/c1-11-14(7-8-23-11)16-19-20-17(24-16)25-10-15(22)21(2)9-12-3-5-13(18)6-4-12/h3-8H,9-10H2,1-2H3. The summed E-state index contributed by atoms with van der Waals surface area (Å²) >= 11 is 4.62. The van der Waals surface area contributed by atoms with E-state index in [-0.39, 0.29) is 11.7 Å². The Bertz CT molecular complexity index is 860. The molecule has 0 atom stereocenters. The van der Waals surface area contributed by atoms with Gasteiger partial charge in [0.25, 0.3) is 11.1 Å². The van der Waals surface area contributed by atoms with Crippen LogP contribution in [0.1, 0.15) is 11.3 Å². The number of furan rings is 1. The Morgan fingerprint density at radius 3 is 2.68 bits per heavy atom. The number of carbonyl (C=O) groups excluding carboxylic acids is 1. The third-order valence-electron chi connectivity index (χ3n) is 3.57. The molecule has 0 aliphatic rings. The number of aryl methyl sites for hydroxylation is 1. The van der Waals surface area contributed by atoms with E-state index in [0.717, 1.165) is 15.6 Å². The molecule has 3 aromatic rings. The fourth-order valence-electron chi connectivity index (χ4n) is 2.17. The highest BCUT2D eigenvalue weighted by atomic mass is 79.9. The Labute approximate surface area is 157 Å². The predicted molar refractivity (Wildman–Crippen MR) is 98.1 cm³/mol. The van der Waals surface area contributed by atoms with Gasteiger partial charge in [-0.15, -0.1) is 10.2 Å². The minimum atomic E-state index is -0.00726. The second-order valence-electron chi connectivity index (χ2n) is 5.43. The van der Waals surface area contributed by atoms with Gasteiger partial charge >= 0.3 is 0 Å². The third kappa shape index (κ3) is 4.52. The number of thioether (sulfide) groups is 1. The van der Waals surface area contributed by atoms with Gasteiger partial charge in [0, 0.05) is 18.1 Å². The van der Waals surface area contributed by atoms with Crippen LogP contribution in [0.2, 0.25) is 0 Å². The molecule has 0 spiro atoms. The molecule has 0 saturated heterocycles. The first-order valence-electron chi connectivity index (χ1n) is 7.52. The lowest BCUT2D eigenvalue weighted by molar-refractivity contribution is -0.127. The summed E-state index contributed by atoms with van der Waals surface area (Å²) in [5.41, 5.74) is 1.83. The normalized spacial score (nSPS) is 10.8. The van der Waals surface area contributed by atoms with Gasteiger partial charge < -0.3 is 13.7 Å². The summed E-state index contributed by atoms with van der Waals surface area (Å²) < 4.78 is 11.8. The Morgan fingerprint density at radius 1 is 1.24 bits per heavy atom. The molecule has 3 rings (SSSR count). The summed E-state index contributed by atoms with van der Waals surface area (Å²) in [5, 5.41) is 8.32. The molecule has 2 aromatic heterocycles. The number of amides is 1. The lowest BCUT2D eigenvalue weighted by Gasteiger charge is -2.16. The average Bonchev–Trinajstić information content (AvgIpc) is 3.23. The Hall–Kier alpha value is -2.06. The van der Waals surface area contributed by atoms with E-state index in [4.69, 9.17) is 8.83 Å². The zero-order valence-electron chi connectivity index (χ0n) is 13.7. The van der Waals surface area contributed by atoms with Crippen molar-refractivity contribution in [1.29, 1.82) is 0 Å². The van der Waals surface area contributed by atoms with Gasteiger partial charge in [-0.2, -0.15) is 0 Å². The minimum Gasteiger partial charge on any atom is -0.469 e. The van der Waals surface area contributed by atoms with Gasteiger partial charge in [-0.1, -0.05) is 39.8 Å². The average molecular weight is 422 g/mol. The maximum absolute atomic E-state index is 12.3. The van der Waals surface area contributed by atoms with Crippen molar-refractivity contribution >= 4 is 33.6 Å². The van der Waals surface area contributed by atoms with Crippen molar-refractivity contribution in [2.75, 3.05) is 12.8 Å². The van der Waals surface area contributed by atoms with Crippen molar-refractivity contribution in [1.82, 2.24) is 15.1 Å². The molecule has 0 unspecified atom stereocenters. The molecule has 130 valence electrons. The van der Waals surface area contributed by atoms with Gasteiger partial charge in [0.05, 0.1) is 17.6 Å². The number of rotatable bonds is 6. The van der Waals surface area contributed by atoms with Gasteiger partial charge in [0.15, 0.2) is 0 Å². The predicted octanol–water partition coefficient (Wildman–Crippen LogP) is 4.15. The molecule has 25 heavy (non-hydrogen) atoms. The van der Waals surface area contributed by atoms with Gasteiger partial charge in [-0.25, -0.2) is 0 Å². The van der Waals surface area contributed by atoms with Gasteiger partial charge in [-0.05, 0) is 30.7 Å². The topological polar surface area (TPSA) is 72.4 Å². The van der Waals surface area contributed by atoms with Gasteiger partial charge in [0.2, 0.25) is 5.91 Å². The maximum atomic E-state index is 12.3. The number of hydrogen-bond acceptors (Lipinski definition) is 6. The molecular formula is C17H16BrN3O3S. The van der Waals surface area contributed by atoms with Crippen molar-refractivity contribution in [3.8, 4) is 11.5 Å². The lowest BCUT2D eigenvalue weighted by atomic mass is 10.2. The maximum Gasteiger partial charge on any atom is 0.277 e. The van der Waals surface area contributed by atoms with Gasteiger partial charge in [0.1, 0.15) is 5.76 Å². The molecule has 6 nitrogen and oxygen atoms in total. The van der Waals surface area contributed by atoms with Crippen LogP contribution in [0.3, 0.4) is 0 Å². The van der Waals surface area contributed by atoms with Crippen molar-refractivity contribution < 1.29 is 13.6 Å². The van der Waals surface area contributed by atoms with Gasteiger partial charge in [-0.3, -0.25) is 4.79 Å². The van der Waals surface area contributed by atoms with Crippen molar-refractivity contribution in [3.05, 3.63) is 52.4 Å². The summed E-state index contributed by atoms with van der Waals surface area (Å²) in [4.78, 5) is 13.9. The van der Waals surface area contributed by atoms with Crippen molar-refractivity contribution in [3.63, 3.8) is 0 Å². The van der Waals surface area contributed by atoms with Crippen LogP contribution in [0.5, 0.6) is 0 Å². The largest absolute Gasteiger partial charge is 0.469 e. The smallest absolute Gasteiger partial charge is 0.277 e. The number of benzene rings is 1. The van der Waals surface area contributed by atoms with Crippen LogP contribution in [-0.2, 0) is 11.3 Å². The summed E-state index contributed by atoms with van der Waals surface area (Å²) in [6.07, 6.45) is 1.57. The monoisotopic (exact) mass is 421 g/mol. The number of halogens is 1. The first kappa shape index (κ1) is 17.8. The van der Waals surface area contributed by atoms with E-state index in [1.54, 1.807) is 24.3 Å². The van der Waals surface area contributed by atoms with E-state index in [1.165, 1.54) is 11.8 Å². The lowest BCUT2D eigenvalue weighted by Crippen LogP contribution is -2.27. The molecule has 1 aromatic carbocycles. The van der Waals surface area contributed by atoms with Crippen LogP contribution < -0.4 is 0 Å². The molecule has 8 heteroatoms. The van der Waals surface area contributed by atoms with E-state index in [9.17, 15) is 4.79 Å². The summed E-state index contributed by atoms with van der Waals surface area (Å²) in [6, 6.07) is 9.66. The van der Waals surface area contributed by atoms with E-state index in [1.807, 2.05) is 31.2 Å². The van der Waals surface area contributed by atoms with E-state index < -0.39 is 0 Å². The highest BCUT2D eigenvalue weighted by molar-refractivity contribution is 9.10. The quantitative estimate of drug-likeness (QED) is 0.556. The van der Waals surface area contributed by atoms with Crippen LogP contribution >= 0.6 is 27.7 Å². The number of nitrogens with zero attached hydrogens (tertiary/aromatic N) is 3. The highest BCUT2D eigenvalue weighted by Crippen LogP contribution is 2.26. The molecule has 2 heterocycles. The zero-order valence-corrected chi connectivity index (χ0v) is 16.1. The van der Waals surface area contributed by atoms with Crippen molar-refractivity contribution in [2.24, 2.45) is 0 Å². The summed E-state index contributed by atoms with van der Waals surface area (Å²) in [7, 11) is 1.78. The summed E-state index contributed by atoms with van der Waals surface area (Å²) in [6.45, 7) is 2.38. The molecule has 0 aliphatic carbocycles. The highest BCUT2D eigenvalue weighted by Gasteiger charge is 2.16. The number of aromatic nitrogens is 2. The molecule has 0 fully saturated rings. The fourth-order valence-corrected chi connectivity index (χ4v) is 3.14. The van der Waals surface area contributed by atoms with E-state index >= 15 is 0 Å². The zero-order chi connectivity index (χ0) is 17.8. The third-order valence-corrected chi connectivity index (χ3v) is 4.91. The molecular weight excluding hydrogens is 406 g/mol. The SMILES string of the molecule is Cc1occc1-c1nnc(SCC(=O)N(C)Cc2ccc(Br)cc2)o1. The molecule has 0 saturated carbocycles. The molecule has 0 radical (unpaired) electrons. The molecule has 0 N–H and O–H groups in total. The summed E-state index contributed by atoms with van der Waals surface area (Å²) in [5.74, 6) is 1.33.